The van der Waals surface area contributed by atoms with Crippen molar-refractivity contribution in [3.05, 3.63) is 71.5 Å². The second kappa shape index (κ2) is 7.98. The average Bonchev–Trinajstić information content (AvgIpc) is 3.08. The molecule has 1 heterocycles. The summed E-state index contributed by atoms with van der Waals surface area (Å²) in [5.74, 6) is 0.192. The standard InChI is InChI=1S/C21H20F3N3O2/c1-13(19-18(29-3)12-27(2)26-19)25-20(28)17-7-5-4-6-16(17)14-8-10-15(11-9-14)21(22,23)24/h4-13H,1-3H3,(H,25,28). The Morgan fingerprint density at radius 1 is 1.14 bits per heavy atom. The summed E-state index contributed by atoms with van der Waals surface area (Å²) in [6.45, 7) is 1.78. The molecule has 1 unspecified atom stereocenters. The highest BCUT2D eigenvalue weighted by Crippen LogP contribution is 2.32. The second-order valence-electron chi connectivity index (χ2n) is 6.57. The number of halogens is 3. The average molecular weight is 403 g/mol. The number of rotatable bonds is 5. The lowest BCUT2D eigenvalue weighted by Crippen LogP contribution is -2.27. The second-order valence-corrected chi connectivity index (χ2v) is 6.57. The van der Waals surface area contributed by atoms with Crippen LogP contribution in [0.1, 0.15) is 34.6 Å². The number of aryl methyl sites for hydroxylation is 1. The highest BCUT2D eigenvalue weighted by molar-refractivity contribution is 6.01. The van der Waals surface area contributed by atoms with E-state index in [0.717, 1.165) is 12.1 Å². The molecule has 2 aromatic carbocycles. The van der Waals surface area contributed by atoms with Crippen molar-refractivity contribution >= 4 is 5.91 Å². The van der Waals surface area contributed by atoms with Crippen LogP contribution >= 0.6 is 0 Å². The first-order valence-electron chi connectivity index (χ1n) is 8.85. The Morgan fingerprint density at radius 2 is 1.79 bits per heavy atom. The van der Waals surface area contributed by atoms with Gasteiger partial charge >= 0.3 is 6.18 Å². The number of benzene rings is 2. The van der Waals surface area contributed by atoms with Crippen LogP contribution in [0.25, 0.3) is 11.1 Å². The van der Waals surface area contributed by atoms with Crippen molar-refractivity contribution in [3.63, 3.8) is 0 Å². The smallest absolute Gasteiger partial charge is 0.416 e. The molecule has 1 amide bonds. The number of carbonyl (C=O) groups is 1. The minimum absolute atomic E-state index is 0.356. The van der Waals surface area contributed by atoms with Gasteiger partial charge in [0, 0.05) is 12.6 Å². The summed E-state index contributed by atoms with van der Waals surface area (Å²) in [5.41, 5.74) is 1.26. The van der Waals surface area contributed by atoms with Crippen molar-refractivity contribution in [3.8, 4) is 16.9 Å². The predicted molar refractivity (Wildman–Crippen MR) is 103 cm³/mol. The lowest BCUT2D eigenvalue weighted by atomic mass is 9.98. The zero-order valence-corrected chi connectivity index (χ0v) is 16.1. The molecule has 0 spiro atoms. The minimum atomic E-state index is -4.41. The van der Waals surface area contributed by atoms with Crippen molar-refractivity contribution in [2.45, 2.75) is 19.1 Å². The molecule has 1 aromatic heterocycles. The Balaban J connectivity index is 1.87. The number of hydrogen-bond donors (Lipinski definition) is 1. The third kappa shape index (κ3) is 4.42. The molecule has 29 heavy (non-hydrogen) atoms. The van der Waals surface area contributed by atoms with Crippen molar-refractivity contribution in [1.29, 1.82) is 0 Å². The first kappa shape index (κ1) is 20.4. The molecule has 0 aliphatic carbocycles. The Morgan fingerprint density at radius 3 is 2.41 bits per heavy atom. The summed E-state index contributed by atoms with van der Waals surface area (Å²) in [4.78, 5) is 12.9. The molecule has 3 aromatic rings. The summed E-state index contributed by atoms with van der Waals surface area (Å²) in [5, 5.41) is 7.18. The fraction of sp³-hybridized carbons (Fsp3) is 0.238. The number of amides is 1. The van der Waals surface area contributed by atoms with Gasteiger partial charge in [-0.3, -0.25) is 9.48 Å². The lowest BCUT2D eigenvalue weighted by Gasteiger charge is -2.15. The minimum Gasteiger partial charge on any atom is -0.493 e. The highest BCUT2D eigenvalue weighted by Gasteiger charge is 2.30. The largest absolute Gasteiger partial charge is 0.493 e. The van der Waals surface area contributed by atoms with Gasteiger partial charge in [0.2, 0.25) is 0 Å². The number of nitrogens with one attached hydrogen (secondary N) is 1. The van der Waals surface area contributed by atoms with E-state index in [4.69, 9.17) is 4.74 Å². The Kier molecular flexibility index (Phi) is 5.63. The van der Waals surface area contributed by atoms with Gasteiger partial charge in [-0.15, -0.1) is 0 Å². The maximum absolute atomic E-state index is 12.9. The maximum Gasteiger partial charge on any atom is 0.416 e. The van der Waals surface area contributed by atoms with Crippen LogP contribution < -0.4 is 10.1 Å². The molecule has 0 bridgehead atoms. The zero-order chi connectivity index (χ0) is 21.2. The molecule has 3 rings (SSSR count). The molecule has 1 atom stereocenters. The zero-order valence-electron chi connectivity index (χ0n) is 16.1. The van der Waals surface area contributed by atoms with Crippen molar-refractivity contribution in [2.75, 3.05) is 7.11 Å². The van der Waals surface area contributed by atoms with Gasteiger partial charge in [-0.25, -0.2) is 0 Å². The van der Waals surface area contributed by atoms with Crippen LogP contribution in [0.5, 0.6) is 5.75 Å². The summed E-state index contributed by atoms with van der Waals surface area (Å²) < 4.78 is 45.3. The van der Waals surface area contributed by atoms with E-state index >= 15 is 0 Å². The van der Waals surface area contributed by atoms with E-state index in [1.807, 2.05) is 0 Å². The van der Waals surface area contributed by atoms with Crippen molar-refractivity contribution < 1.29 is 22.7 Å². The fourth-order valence-electron chi connectivity index (χ4n) is 3.06. The molecule has 1 N–H and O–H groups in total. The van der Waals surface area contributed by atoms with Crippen molar-refractivity contribution in [1.82, 2.24) is 15.1 Å². The van der Waals surface area contributed by atoms with Crippen LogP contribution in [-0.4, -0.2) is 22.8 Å². The van der Waals surface area contributed by atoms with Gasteiger partial charge in [0.05, 0.1) is 24.9 Å². The normalized spacial score (nSPS) is 12.5. The summed E-state index contributed by atoms with van der Waals surface area (Å²) in [7, 11) is 3.27. The van der Waals surface area contributed by atoms with Gasteiger partial charge < -0.3 is 10.1 Å². The first-order valence-corrected chi connectivity index (χ1v) is 8.85. The Bertz CT molecular complexity index is 1010. The van der Waals surface area contributed by atoms with E-state index in [-0.39, 0.29) is 5.91 Å². The molecule has 8 heteroatoms. The van der Waals surface area contributed by atoms with E-state index in [9.17, 15) is 18.0 Å². The van der Waals surface area contributed by atoms with Gasteiger partial charge in [-0.1, -0.05) is 30.3 Å². The molecular formula is C21H20F3N3O2. The lowest BCUT2D eigenvalue weighted by molar-refractivity contribution is -0.137. The van der Waals surface area contributed by atoms with E-state index in [2.05, 4.69) is 10.4 Å². The molecule has 0 saturated heterocycles. The van der Waals surface area contributed by atoms with Crippen LogP contribution in [0.3, 0.4) is 0 Å². The molecule has 0 aliphatic rings. The van der Waals surface area contributed by atoms with E-state index < -0.39 is 17.8 Å². The fourth-order valence-corrected chi connectivity index (χ4v) is 3.06. The van der Waals surface area contributed by atoms with Gasteiger partial charge in [-0.2, -0.15) is 18.3 Å². The van der Waals surface area contributed by atoms with Crippen LogP contribution in [-0.2, 0) is 13.2 Å². The molecule has 0 fully saturated rings. The van der Waals surface area contributed by atoms with E-state index in [1.165, 1.54) is 19.2 Å². The van der Waals surface area contributed by atoms with Gasteiger partial charge in [0.25, 0.3) is 5.91 Å². The van der Waals surface area contributed by atoms with E-state index in [1.54, 1.807) is 49.1 Å². The third-order valence-corrected chi connectivity index (χ3v) is 4.49. The Hall–Kier alpha value is -3.29. The molecule has 152 valence electrons. The molecule has 0 aliphatic heterocycles. The number of nitrogens with zero attached hydrogens (tertiary/aromatic N) is 2. The first-order chi connectivity index (χ1) is 13.7. The quantitative estimate of drug-likeness (QED) is 0.677. The van der Waals surface area contributed by atoms with Gasteiger partial charge in [0.15, 0.2) is 5.75 Å². The number of hydrogen-bond acceptors (Lipinski definition) is 3. The van der Waals surface area contributed by atoms with Gasteiger partial charge in [-0.05, 0) is 36.2 Å². The highest BCUT2D eigenvalue weighted by atomic mass is 19.4. The summed E-state index contributed by atoms with van der Waals surface area (Å²) in [6, 6.07) is 11.1. The molecular weight excluding hydrogens is 383 g/mol. The number of carbonyl (C=O) groups excluding carboxylic acids is 1. The van der Waals surface area contributed by atoms with Crippen LogP contribution in [0.2, 0.25) is 0 Å². The monoisotopic (exact) mass is 403 g/mol. The van der Waals surface area contributed by atoms with Crippen LogP contribution in [0, 0.1) is 0 Å². The summed E-state index contributed by atoms with van der Waals surface area (Å²) >= 11 is 0. The predicted octanol–water partition coefficient (Wildman–Crippen LogP) is 4.61. The van der Waals surface area contributed by atoms with E-state index in [0.29, 0.717) is 28.1 Å². The Labute approximate surface area is 166 Å². The SMILES string of the molecule is COc1cn(C)nc1C(C)NC(=O)c1ccccc1-c1ccc(C(F)(F)F)cc1. The third-order valence-electron chi connectivity index (χ3n) is 4.49. The molecule has 0 saturated carbocycles. The molecule has 5 nitrogen and oxygen atoms in total. The topological polar surface area (TPSA) is 56.1 Å². The van der Waals surface area contributed by atoms with Gasteiger partial charge in [0.1, 0.15) is 5.69 Å². The number of alkyl halides is 3. The summed E-state index contributed by atoms with van der Waals surface area (Å²) in [6.07, 6.45) is -2.71. The number of methoxy groups -OCH3 is 1. The van der Waals surface area contributed by atoms with Crippen LogP contribution in [0.4, 0.5) is 13.2 Å². The number of aromatic nitrogens is 2. The number of ether oxygens (including phenoxy) is 1. The van der Waals surface area contributed by atoms with Crippen LogP contribution in [0.15, 0.2) is 54.7 Å². The maximum atomic E-state index is 12.9. The van der Waals surface area contributed by atoms with Crippen molar-refractivity contribution in [2.24, 2.45) is 7.05 Å². The molecule has 0 radical (unpaired) electrons.